The summed E-state index contributed by atoms with van der Waals surface area (Å²) in [5.74, 6) is -0.604. The van der Waals surface area contributed by atoms with E-state index in [4.69, 9.17) is 0 Å². The Balaban J connectivity index is 2.02. The van der Waals surface area contributed by atoms with E-state index in [1.165, 1.54) is 23.3 Å². The van der Waals surface area contributed by atoms with Crippen molar-refractivity contribution in [2.75, 3.05) is 5.75 Å². The van der Waals surface area contributed by atoms with Gasteiger partial charge in [0.1, 0.15) is 12.7 Å². The maximum atomic E-state index is 12.9. The minimum atomic E-state index is -4.85. The third-order valence-electron chi connectivity index (χ3n) is 2.61. The first-order chi connectivity index (χ1) is 10.3. The van der Waals surface area contributed by atoms with Crippen molar-refractivity contribution >= 4 is 10.1 Å². The van der Waals surface area contributed by atoms with Crippen molar-refractivity contribution in [3.63, 3.8) is 0 Å². The lowest BCUT2D eigenvalue weighted by Crippen LogP contribution is -2.38. The lowest BCUT2D eigenvalue weighted by Gasteiger charge is -2.20. The number of imidazole rings is 1. The summed E-state index contributed by atoms with van der Waals surface area (Å²) in [6, 6.07) is 0. The van der Waals surface area contributed by atoms with Crippen LogP contribution in [0.2, 0.25) is 0 Å². The van der Waals surface area contributed by atoms with E-state index in [2.05, 4.69) is 19.2 Å². The van der Waals surface area contributed by atoms with E-state index >= 15 is 0 Å². The number of rotatable bonds is 7. The molecule has 0 aliphatic heterocycles. The maximum absolute atomic E-state index is 12.9. The van der Waals surface area contributed by atoms with E-state index in [0.29, 0.717) is 0 Å². The van der Waals surface area contributed by atoms with Crippen LogP contribution in [-0.4, -0.2) is 50.8 Å². The molecule has 2 rings (SSSR count). The van der Waals surface area contributed by atoms with Crippen molar-refractivity contribution in [2.45, 2.75) is 25.4 Å². The van der Waals surface area contributed by atoms with E-state index in [-0.39, 0.29) is 6.54 Å². The minimum Gasteiger partial charge on any atom is -0.336 e. The molecule has 8 nitrogen and oxygen atoms in total. The first-order valence-corrected chi connectivity index (χ1v) is 7.60. The summed E-state index contributed by atoms with van der Waals surface area (Å²) in [5, 5.41) is 3.50. The molecule has 0 aliphatic rings. The quantitative estimate of drug-likeness (QED) is 0.680. The number of aryl methyl sites for hydroxylation is 1. The second-order valence-corrected chi connectivity index (χ2v) is 6.02. The highest BCUT2D eigenvalue weighted by Gasteiger charge is 2.44. The fourth-order valence-electron chi connectivity index (χ4n) is 1.55. The fraction of sp³-hybridized carbons (Fsp3) is 0.500. The molecular formula is C10H12F3N5O3S. The Kier molecular flexibility index (Phi) is 4.81. The van der Waals surface area contributed by atoms with Gasteiger partial charge in [-0.05, 0) is 0 Å². The molecule has 0 aliphatic carbocycles. The molecule has 2 heterocycles. The van der Waals surface area contributed by atoms with Crippen LogP contribution in [0.3, 0.4) is 0 Å². The molecule has 0 amide bonds. The molecule has 22 heavy (non-hydrogen) atoms. The van der Waals surface area contributed by atoms with Crippen LogP contribution in [0.15, 0.2) is 31.4 Å². The molecule has 2 aromatic rings. The Morgan fingerprint density at radius 2 is 2.00 bits per heavy atom. The Bertz CT molecular complexity index is 669. The van der Waals surface area contributed by atoms with Crippen molar-refractivity contribution in [1.82, 2.24) is 24.3 Å². The van der Waals surface area contributed by atoms with Crippen LogP contribution in [0, 0.1) is 0 Å². The normalized spacial score (nSPS) is 14.1. The van der Waals surface area contributed by atoms with Gasteiger partial charge in [0, 0.05) is 18.9 Å². The Labute approximate surface area is 123 Å². The average Bonchev–Trinajstić information content (AvgIpc) is 3.07. The third-order valence-corrected chi connectivity index (χ3v) is 3.81. The summed E-state index contributed by atoms with van der Waals surface area (Å²) in [6.07, 6.45) is -1.02. The Hall–Kier alpha value is -1.95. The zero-order valence-electron chi connectivity index (χ0n) is 11.1. The van der Waals surface area contributed by atoms with Crippen LogP contribution in [0.4, 0.5) is 13.2 Å². The topological polar surface area (TPSA) is 91.9 Å². The Morgan fingerprint density at radius 3 is 2.55 bits per heavy atom. The van der Waals surface area contributed by atoms with Gasteiger partial charge in [-0.2, -0.15) is 26.7 Å². The van der Waals surface area contributed by atoms with Gasteiger partial charge in [0.25, 0.3) is 10.1 Å². The number of halogens is 3. The molecule has 0 bridgehead atoms. The van der Waals surface area contributed by atoms with Crippen LogP contribution >= 0.6 is 0 Å². The van der Waals surface area contributed by atoms with Crippen LogP contribution in [0.1, 0.15) is 0 Å². The van der Waals surface area contributed by atoms with Crippen molar-refractivity contribution < 1.29 is 25.8 Å². The largest absolute Gasteiger partial charge is 0.417 e. The summed E-state index contributed by atoms with van der Waals surface area (Å²) < 4.78 is 68.7. The molecule has 0 aromatic carbocycles. The third kappa shape index (κ3) is 4.80. The summed E-state index contributed by atoms with van der Waals surface area (Å²) in [5.41, 5.74) is 0. The first-order valence-electron chi connectivity index (χ1n) is 6.02. The molecule has 0 saturated heterocycles. The van der Waals surface area contributed by atoms with Crippen LogP contribution in [-0.2, 0) is 27.4 Å². The summed E-state index contributed by atoms with van der Waals surface area (Å²) in [6.45, 7) is -0.857. The summed E-state index contributed by atoms with van der Waals surface area (Å²) in [7, 11) is -4.37. The van der Waals surface area contributed by atoms with Crippen molar-refractivity contribution in [2.24, 2.45) is 0 Å². The molecule has 2 aromatic heterocycles. The number of hydrogen-bond donors (Lipinski definition) is 0. The molecule has 12 heteroatoms. The Morgan fingerprint density at radius 1 is 1.23 bits per heavy atom. The van der Waals surface area contributed by atoms with Gasteiger partial charge >= 0.3 is 6.18 Å². The van der Waals surface area contributed by atoms with Crippen molar-refractivity contribution in [1.29, 1.82) is 0 Å². The van der Waals surface area contributed by atoms with Crippen molar-refractivity contribution in [3.8, 4) is 0 Å². The highest BCUT2D eigenvalue weighted by Crippen LogP contribution is 2.25. The highest BCUT2D eigenvalue weighted by molar-refractivity contribution is 7.86. The predicted molar refractivity (Wildman–Crippen MR) is 67.0 cm³/mol. The van der Waals surface area contributed by atoms with Crippen molar-refractivity contribution in [3.05, 3.63) is 31.4 Å². The maximum Gasteiger partial charge on any atom is 0.417 e. The van der Waals surface area contributed by atoms with Crippen LogP contribution in [0.25, 0.3) is 0 Å². The first kappa shape index (κ1) is 16.4. The van der Waals surface area contributed by atoms with Gasteiger partial charge in [-0.25, -0.2) is 14.6 Å². The monoisotopic (exact) mass is 339 g/mol. The number of nitrogens with zero attached hydrogens (tertiary/aromatic N) is 5. The lowest BCUT2D eigenvalue weighted by atomic mass is 10.3. The molecule has 0 saturated carbocycles. The molecule has 122 valence electrons. The van der Waals surface area contributed by atoms with E-state index in [1.807, 2.05) is 0 Å². The second-order valence-electron chi connectivity index (χ2n) is 4.31. The summed E-state index contributed by atoms with van der Waals surface area (Å²) >= 11 is 0. The van der Waals surface area contributed by atoms with E-state index in [0.717, 1.165) is 17.3 Å². The van der Waals surface area contributed by atoms with E-state index in [9.17, 15) is 21.6 Å². The average molecular weight is 339 g/mol. The molecule has 0 spiro atoms. The van der Waals surface area contributed by atoms with Crippen LogP contribution < -0.4 is 0 Å². The number of hydrogen-bond acceptors (Lipinski definition) is 6. The molecule has 0 radical (unpaired) electrons. The van der Waals surface area contributed by atoms with E-state index < -0.39 is 34.7 Å². The second kappa shape index (κ2) is 6.44. The van der Waals surface area contributed by atoms with Gasteiger partial charge in [-0.1, -0.05) is 0 Å². The van der Waals surface area contributed by atoms with Gasteiger partial charge in [0.2, 0.25) is 0 Å². The zero-order chi connectivity index (χ0) is 16.2. The lowest BCUT2D eigenvalue weighted by molar-refractivity contribution is -0.198. The SMILES string of the molecule is O=S(=O)(CCn1ccnc1)OC(Cn1cncn1)C(F)(F)F. The molecule has 0 N–H and O–H groups in total. The van der Waals surface area contributed by atoms with E-state index in [1.54, 1.807) is 0 Å². The smallest absolute Gasteiger partial charge is 0.336 e. The van der Waals surface area contributed by atoms with Gasteiger partial charge in [-0.15, -0.1) is 0 Å². The molecule has 0 fully saturated rings. The number of alkyl halides is 3. The highest BCUT2D eigenvalue weighted by atomic mass is 32.2. The van der Waals surface area contributed by atoms with Gasteiger partial charge in [0.05, 0.1) is 18.6 Å². The van der Waals surface area contributed by atoms with Gasteiger partial charge in [-0.3, -0.25) is 4.18 Å². The number of aromatic nitrogens is 5. The molecule has 1 unspecified atom stereocenters. The van der Waals surface area contributed by atoms with Gasteiger partial charge < -0.3 is 4.57 Å². The van der Waals surface area contributed by atoms with Crippen LogP contribution in [0.5, 0.6) is 0 Å². The fourth-order valence-corrected chi connectivity index (χ4v) is 2.60. The molecular weight excluding hydrogens is 327 g/mol. The predicted octanol–water partition coefficient (Wildman–Crippen LogP) is 0.452. The molecule has 1 atom stereocenters. The zero-order valence-corrected chi connectivity index (χ0v) is 11.9. The minimum absolute atomic E-state index is 0.0593. The standard InChI is InChI=1S/C10H12F3N5O3S/c11-10(12,13)9(5-18-8-15-6-16-18)21-22(19,20)4-3-17-2-1-14-7-17/h1-2,6-9H,3-5H2. The van der Waals surface area contributed by atoms with Gasteiger partial charge in [0.15, 0.2) is 6.10 Å². The summed E-state index contributed by atoms with van der Waals surface area (Å²) in [4.78, 5) is 7.19.